The summed E-state index contributed by atoms with van der Waals surface area (Å²) < 4.78 is 0. The molecule has 0 saturated carbocycles. The van der Waals surface area contributed by atoms with E-state index >= 15 is 0 Å². The molecular weight excluding hydrogens is 128 g/mol. The Morgan fingerprint density at radius 3 is 2.20 bits per heavy atom. The fourth-order valence-corrected chi connectivity index (χ4v) is 0.514. The molecule has 0 aliphatic rings. The van der Waals surface area contributed by atoms with Gasteiger partial charge >= 0.3 is 5.97 Å². The minimum Gasteiger partial charge on any atom is -0.478 e. The molecule has 2 heteroatoms. The summed E-state index contributed by atoms with van der Waals surface area (Å²) in [5, 5.41) is 8.50. The molecule has 0 atom stereocenters. The van der Waals surface area contributed by atoms with Crippen molar-refractivity contribution < 1.29 is 9.90 Å². The van der Waals surface area contributed by atoms with E-state index in [1.54, 1.807) is 6.92 Å². The third-order valence-electron chi connectivity index (χ3n) is 0.975. The normalized spacial score (nSPS) is 10.7. The highest BCUT2D eigenvalue weighted by molar-refractivity contribution is 5.91. The van der Waals surface area contributed by atoms with Gasteiger partial charge in [-0.25, -0.2) is 4.79 Å². The first kappa shape index (κ1) is 8.69. The van der Waals surface area contributed by atoms with Crippen molar-refractivity contribution in [3.05, 3.63) is 36.5 Å². The van der Waals surface area contributed by atoms with Crippen LogP contribution in [0.1, 0.15) is 6.92 Å². The number of carboxylic acids is 1. The second-order valence-electron chi connectivity index (χ2n) is 1.90. The Bertz CT molecular complexity index is 183. The second-order valence-corrected chi connectivity index (χ2v) is 1.90. The van der Waals surface area contributed by atoms with Crippen molar-refractivity contribution in [2.75, 3.05) is 0 Å². The van der Waals surface area contributed by atoms with Gasteiger partial charge in [0.15, 0.2) is 0 Å². The maximum atomic E-state index is 10.4. The van der Waals surface area contributed by atoms with Crippen molar-refractivity contribution in [1.29, 1.82) is 0 Å². The lowest BCUT2D eigenvalue weighted by atomic mass is 10.1. The molecule has 0 radical (unpaired) electrons. The SMILES string of the molecule is C=C/C=C(\C(=C)C)C(=O)O. The number of hydrogen-bond donors (Lipinski definition) is 1. The predicted molar refractivity (Wildman–Crippen MR) is 40.7 cm³/mol. The fourth-order valence-electron chi connectivity index (χ4n) is 0.514. The Kier molecular flexibility index (Phi) is 3.19. The third kappa shape index (κ3) is 2.31. The molecule has 0 saturated heterocycles. The molecule has 0 spiro atoms. The number of carboxylic acid groups (broad SMARTS) is 1. The highest BCUT2D eigenvalue weighted by Gasteiger charge is 2.04. The first-order valence-electron chi connectivity index (χ1n) is 2.81. The molecule has 0 aliphatic heterocycles. The molecule has 0 aliphatic carbocycles. The standard InChI is InChI=1S/C8H10O2/c1-4-5-7(6(2)3)8(9)10/h4-5H,1-2H2,3H3,(H,9,10)/b7-5+. The molecule has 0 unspecified atom stereocenters. The van der Waals surface area contributed by atoms with Crippen molar-refractivity contribution in [1.82, 2.24) is 0 Å². The van der Waals surface area contributed by atoms with Crippen LogP contribution in [0.4, 0.5) is 0 Å². The summed E-state index contributed by atoms with van der Waals surface area (Å²) >= 11 is 0. The number of rotatable bonds is 3. The molecule has 0 bridgehead atoms. The molecule has 0 aromatic heterocycles. The number of allylic oxidation sites excluding steroid dienone is 2. The van der Waals surface area contributed by atoms with Crippen LogP contribution in [-0.4, -0.2) is 11.1 Å². The fraction of sp³-hybridized carbons (Fsp3) is 0.125. The lowest BCUT2D eigenvalue weighted by Gasteiger charge is -1.96. The molecule has 10 heavy (non-hydrogen) atoms. The summed E-state index contributed by atoms with van der Waals surface area (Å²) in [6.07, 6.45) is 2.85. The molecule has 0 aromatic carbocycles. The third-order valence-corrected chi connectivity index (χ3v) is 0.975. The zero-order valence-corrected chi connectivity index (χ0v) is 5.92. The Hall–Kier alpha value is -1.31. The molecule has 0 heterocycles. The Morgan fingerprint density at radius 2 is 2.10 bits per heavy atom. The quantitative estimate of drug-likeness (QED) is 0.476. The van der Waals surface area contributed by atoms with Crippen LogP contribution in [0, 0.1) is 0 Å². The maximum absolute atomic E-state index is 10.4. The van der Waals surface area contributed by atoms with Crippen LogP contribution < -0.4 is 0 Å². The molecule has 0 fully saturated rings. The van der Waals surface area contributed by atoms with Gasteiger partial charge in [0.2, 0.25) is 0 Å². The topological polar surface area (TPSA) is 37.3 Å². The zero-order chi connectivity index (χ0) is 8.15. The van der Waals surface area contributed by atoms with E-state index in [-0.39, 0.29) is 5.57 Å². The van der Waals surface area contributed by atoms with Gasteiger partial charge in [-0.05, 0) is 18.6 Å². The second kappa shape index (κ2) is 3.67. The lowest BCUT2D eigenvalue weighted by Crippen LogP contribution is -2.00. The molecule has 2 nitrogen and oxygen atoms in total. The largest absolute Gasteiger partial charge is 0.478 e. The monoisotopic (exact) mass is 138 g/mol. The van der Waals surface area contributed by atoms with E-state index in [1.807, 2.05) is 0 Å². The van der Waals surface area contributed by atoms with Crippen LogP contribution in [0.25, 0.3) is 0 Å². The van der Waals surface area contributed by atoms with Crippen molar-refractivity contribution in [3.8, 4) is 0 Å². The summed E-state index contributed by atoms with van der Waals surface area (Å²) in [6.45, 7) is 8.53. The number of carbonyl (C=O) groups is 1. The minimum absolute atomic E-state index is 0.204. The highest BCUT2D eigenvalue weighted by atomic mass is 16.4. The van der Waals surface area contributed by atoms with E-state index in [9.17, 15) is 4.79 Å². The number of hydrogen-bond acceptors (Lipinski definition) is 1. The maximum Gasteiger partial charge on any atom is 0.335 e. The minimum atomic E-state index is -0.965. The lowest BCUT2D eigenvalue weighted by molar-refractivity contribution is -0.132. The summed E-state index contributed by atoms with van der Waals surface area (Å²) in [6, 6.07) is 0. The van der Waals surface area contributed by atoms with Crippen molar-refractivity contribution >= 4 is 5.97 Å². The van der Waals surface area contributed by atoms with Gasteiger partial charge < -0.3 is 5.11 Å². The predicted octanol–water partition coefficient (Wildman–Crippen LogP) is 1.76. The van der Waals surface area contributed by atoms with E-state index in [0.29, 0.717) is 5.57 Å². The van der Waals surface area contributed by atoms with Crippen LogP contribution in [0.3, 0.4) is 0 Å². The van der Waals surface area contributed by atoms with Gasteiger partial charge in [0.05, 0.1) is 5.57 Å². The van der Waals surface area contributed by atoms with Crippen LogP contribution in [0.15, 0.2) is 36.5 Å². The van der Waals surface area contributed by atoms with Gasteiger partial charge in [0, 0.05) is 0 Å². The molecule has 0 aromatic rings. The van der Waals surface area contributed by atoms with Gasteiger partial charge in [-0.15, -0.1) is 0 Å². The van der Waals surface area contributed by atoms with Crippen LogP contribution in [-0.2, 0) is 4.79 Å². The molecule has 0 amide bonds. The zero-order valence-electron chi connectivity index (χ0n) is 5.92. The number of aliphatic carboxylic acids is 1. The van der Waals surface area contributed by atoms with Gasteiger partial charge in [-0.1, -0.05) is 19.2 Å². The van der Waals surface area contributed by atoms with Crippen molar-refractivity contribution in [2.24, 2.45) is 0 Å². The average Bonchev–Trinajstić information content (AvgIpc) is 1.81. The summed E-state index contributed by atoms with van der Waals surface area (Å²) in [5.41, 5.74) is 0.738. The van der Waals surface area contributed by atoms with Crippen molar-refractivity contribution in [2.45, 2.75) is 6.92 Å². The molecular formula is C8H10O2. The van der Waals surface area contributed by atoms with Crippen LogP contribution >= 0.6 is 0 Å². The van der Waals surface area contributed by atoms with E-state index in [2.05, 4.69) is 13.2 Å². The van der Waals surface area contributed by atoms with Gasteiger partial charge in [-0.2, -0.15) is 0 Å². The Balaban J connectivity index is 4.58. The van der Waals surface area contributed by atoms with E-state index in [1.165, 1.54) is 12.2 Å². The van der Waals surface area contributed by atoms with Gasteiger partial charge in [0.25, 0.3) is 0 Å². The Labute approximate surface area is 60.2 Å². The van der Waals surface area contributed by atoms with E-state index in [4.69, 9.17) is 5.11 Å². The summed E-state index contributed by atoms with van der Waals surface area (Å²) in [5.74, 6) is -0.965. The van der Waals surface area contributed by atoms with Crippen LogP contribution in [0.2, 0.25) is 0 Å². The van der Waals surface area contributed by atoms with Crippen molar-refractivity contribution in [3.63, 3.8) is 0 Å². The summed E-state index contributed by atoms with van der Waals surface area (Å²) in [7, 11) is 0. The highest BCUT2D eigenvalue weighted by Crippen LogP contribution is 2.05. The molecule has 54 valence electrons. The van der Waals surface area contributed by atoms with E-state index in [0.717, 1.165) is 0 Å². The van der Waals surface area contributed by atoms with Gasteiger partial charge in [-0.3, -0.25) is 0 Å². The Morgan fingerprint density at radius 1 is 1.60 bits per heavy atom. The molecule has 1 N–H and O–H groups in total. The average molecular weight is 138 g/mol. The van der Waals surface area contributed by atoms with Crippen LogP contribution in [0.5, 0.6) is 0 Å². The first-order valence-corrected chi connectivity index (χ1v) is 2.81. The smallest absolute Gasteiger partial charge is 0.335 e. The first-order chi connectivity index (χ1) is 4.59. The van der Waals surface area contributed by atoms with E-state index < -0.39 is 5.97 Å². The van der Waals surface area contributed by atoms with Gasteiger partial charge in [0.1, 0.15) is 0 Å². The summed E-state index contributed by atoms with van der Waals surface area (Å²) in [4.78, 5) is 10.4. The molecule has 0 rings (SSSR count).